The standard InChI is InChI=1S/C20H23N5O3/c26-19(27)18(9-15-13-22-17-4-2-1-3-16(15)17)21-10-14-11-23-20(24-12-14)25-5-7-28-8-6-25/h1-4,11-13,18,21-22H,5-10H2,(H,26,27)/t18-/m1/s1. The fraction of sp³-hybridized carbons (Fsp3) is 0.350. The summed E-state index contributed by atoms with van der Waals surface area (Å²) in [6, 6.07) is 7.19. The van der Waals surface area contributed by atoms with E-state index in [9.17, 15) is 9.90 Å². The highest BCUT2D eigenvalue weighted by Crippen LogP contribution is 2.19. The van der Waals surface area contributed by atoms with Crippen LogP contribution in [0.1, 0.15) is 11.1 Å². The van der Waals surface area contributed by atoms with Crippen LogP contribution in [0.5, 0.6) is 0 Å². The molecule has 2 aromatic heterocycles. The summed E-state index contributed by atoms with van der Waals surface area (Å²) in [5, 5.41) is 13.8. The predicted molar refractivity (Wildman–Crippen MR) is 105 cm³/mol. The van der Waals surface area contributed by atoms with Crippen molar-refractivity contribution in [2.75, 3.05) is 31.2 Å². The van der Waals surface area contributed by atoms with Crippen LogP contribution in [0.25, 0.3) is 10.9 Å². The van der Waals surface area contributed by atoms with E-state index in [2.05, 4.69) is 25.2 Å². The van der Waals surface area contributed by atoms with Crippen LogP contribution in [0.4, 0.5) is 5.95 Å². The lowest BCUT2D eigenvalue weighted by molar-refractivity contribution is -0.139. The molecule has 1 aromatic carbocycles. The highest BCUT2D eigenvalue weighted by molar-refractivity contribution is 5.84. The number of benzene rings is 1. The average molecular weight is 381 g/mol. The number of nitrogens with one attached hydrogen (secondary N) is 2. The average Bonchev–Trinajstić information content (AvgIpc) is 3.15. The van der Waals surface area contributed by atoms with Crippen molar-refractivity contribution in [3.8, 4) is 0 Å². The number of carboxylic acid groups (broad SMARTS) is 1. The van der Waals surface area contributed by atoms with E-state index >= 15 is 0 Å². The van der Waals surface area contributed by atoms with Crippen molar-refractivity contribution in [1.82, 2.24) is 20.3 Å². The molecule has 1 atom stereocenters. The van der Waals surface area contributed by atoms with E-state index in [4.69, 9.17) is 4.74 Å². The van der Waals surface area contributed by atoms with E-state index in [1.807, 2.05) is 30.5 Å². The zero-order chi connectivity index (χ0) is 19.3. The van der Waals surface area contributed by atoms with Gasteiger partial charge in [0.1, 0.15) is 6.04 Å². The van der Waals surface area contributed by atoms with Gasteiger partial charge in [-0.1, -0.05) is 18.2 Å². The lowest BCUT2D eigenvalue weighted by Crippen LogP contribution is -2.38. The molecule has 28 heavy (non-hydrogen) atoms. The number of nitrogens with zero attached hydrogens (tertiary/aromatic N) is 3. The Balaban J connectivity index is 1.39. The van der Waals surface area contributed by atoms with Crippen LogP contribution in [-0.2, 0) is 22.5 Å². The van der Waals surface area contributed by atoms with E-state index in [1.54, 1.807) is 12.4 Å². The van der Waals surface area contributed by atoms with Crippen LogP contribution >= 0.6 is 0 Å². The van der Waals surface area contributed by atoms with Crippen LogP contribution < -0.4 is 10.2 Å². The molecule has 0 bridgehead atoms. The molecule has 146 valence electrons. The minimum atomic E-state index is -0.879. The van der Waals surface area contributed by atoms with Crippen molar-refractivity contribution in [3.63, 3.8) is 0 Å². The topological polar surface area (TPSA) is 103 Å². The number of aliphatic carboxylic acids is 1. The fourth-order valence-electron chi connectivity index (χ4n) is 3.37. The Bertz CT molecular complexity index is 934. The van der Waals surface area contributed by atoms with Gasteiger partial charge in [0.05, 0.1) is 13.2 Å². The minimum Gasteiger partial charge on any atom is -0.480 e. The van der Waals surface area contributed by atoms with Gasteiger partial charge in [0, 0.05) is 61.1 Å². The molecule has 1 fully saturated rings. The summed E-state index contributed by atoms with van der Waals surface area (Å²) in [6.45, 7) is 3.32. The number of morpholine rings is 1. The summed E-state index contributed by atoms with van der Waals surface area (Å²) in [6.07, 6.45) is 5.76. The number of H-pyrrole nitrogens is 1. The molecule has 1 aliphatic heterocycles. The van der Waals surface area contributed by atoms with E-state index in [0.29, 0.717) is 32.1 Å². The van der Waals surface area contributed by atoms with E-state index in [0.717, 1.165) is 35.1 Å². The second-order valence-corrected chi connectivity index (χ2v) is 6.83. The van der Waals surface area contributed by atoms with E-state index in [-0.39, 0.29) is 0 Å². The number of aromatic amines is 1. The molecule has 8 nitrogen and oxygen atoms in total. The molecular weight excluding hydrogens is 358 g/mol. The van der Waals surface area contributed by atoms with Crippen LogP contribution in [0.3, 0.4) is 0 Å². The van der Waals surface area contributed by atoms with Gasteiger partial charge in [-0.05, 0) is 11.6 Å². The maximum absolute atomic E-state index is 11.7. The Hall–Kier alpha value is -2.97. The number of anilines is 1. The number of rotatable bonds is 7. The predicted octanol–water partition coefficient (Wildman–Crippen LogP) is 1.58. The van der Waals surface area contributed by atoms with Crippen LogP contribution in [0.2, 0.25) is 0 Å². The minimum absolute atomic E-state index is 0.392. The summed E-state index contributed by atoms with van der Waals surface area (Å²) in [7, 11) is 0. The normalized spacial score (nSPS) is 15.6. The number of aromatic nitrogens is 3. The van der Waals surface area contributed by atoms with Gasteiger partial charge in [0.15, 0.2) is 0 Å². The van der Waals surface area contributed by atoms with Crippen molar-refractivity contribution in [1.29, 1.82) is 0 Å². The van der Waals surface area contributed by atoms with Crippen LogP contribution in [0, 0.1) is 0 Å². The Morgan fingerprint density at radius 2 is 2.00 bits per heavy atom. The Morgan fingerprint density at radius 1 is 1.25 bits per heavy atom. The number of ether oxygens (including phenoxy) is 1. The Kier molecular flexibility index (Phi) is 5.50. The first-order valence-electron chi connectivity index (χ1n) is 9.35. The molecule has 4 rings (SSSR count). The van der Waals surface area contributed by atoms with Crippen molar-refractivity contribution in [3.05, 3.63) is 54.0 Å². The molecule has 1 saturated heterocycles. The summed E-state index contributed by atoms with van der Waals surface area (Å²) in [5.74, 6) is -0.197. The lowest BCUT2D eigenvalue weighted by atomic mass is 10.0. The molecule has 3 aromatic rings. The number of carboxylic acids is 1. The fourth-order valence-corrected chi connectivity index (χ4v) is 3.37. The first-order chi connectivity index (χ1) is 13.7. The number of carbonyl (C=O) groups is 1. The molecule has 0 amide bonds. The van der Waals surface area contributed by atoms with Crippen molar-refractivity contribution < 1.29 is 14.6 Å². The zero-order valence-corrected chi connectivity index (χ0v) is 15.5. The molecule has 0 saturated carbocycles. The molecular formula is C20H23N5O3. The largest absolute Gasteiger partial charge is 0.480 e. The molecule has 0 unspecified atom stereocenters. The smallest absolute Gasteiger partial charge is 0.321 e. The van der Waals surface area contributed by atoms with E-state index < -0.39 is 12.0 Å². The van der Waals surface area contributed by atoms with Gasteiger partial charge < -0.3 is 19.7 Å². The van der Waals surface area contributed by atoms with Gasteiger partial charge >= 0.3 is 5.97 Å². The quantitative estimate of drug-likeness (QED) is 0.571. The zero-order valence-electron chi connectivity index (χ0n) is 15.5. The molecule has 1 aliphatic rings. The van der Waals surface area contributed by atoms with Gasteiger partial charge in [-0.3, -0.25) is 10.1 Å². The third-order valence-corrected chi connectivity index (χ3v) is 4.94. The summed E-state index contributed by atoms with van der Waals surface area (Å²) >= 11 is 0. The molecule has 0 radical (unpaired) electrons. The highest BCUT2D eigenvalue weighted by Gasteiger charge is 2.19. The van der Waals surface area contributed by atoms with Gasteiger partial charge in [-0.25, -0.2) is 9.97 Å². The molecule has 0 aliphatic carbocycles. The second-order valence-electron chi connectivity index (χ2n) is 6.83. The monoisotopic (exact) mass is 381 g/mol. The summed E-state index contributed by atoms with van der Waals surface area (Å²) < 4.78 is 5.34. The van der Waals surface area contributed by atoms with Crippen molar-refractivity contribution >= 4 is 22.8 Å². The Morgan fingerprint density at radius 3 is 2.75 bits per heavy atom. The number of para-hydroxylation sites is 1. The van der Waals surface area contributed by atoms with Gasteiger partial charge in [-0.2, -0.15) is 0 Å². The molecule has 0 spiro atoms. The molecule has 8 heteroatoms. The van der Waals surface area contributed by atoms with E-state index in [1.165, 1.54) is 0 Å². The van der Waals surface area contributed by atoms with Crippen molar-refractivity contribution in [2.24, 2.45) is 0 Å². The van der Waals surface area contributed by atoms with Crippen molar-refractivity contribution in [2.45, 2.75) is 19.0 Å². The summed E-state index contributed by atoms with van der Waals surface area (Å²) in [5.41, 5.74) is 2.84. The maximum atomic E-state index is 11.7. The highest BCUT2D eigenvalue weighted by atomic mass is 16.5. The first-order valence-corrected chi connectivity index (χ1v) is 9.35. The third kappa shape index (κ3) is 4.13. The molecule has 3 heterocycles. The van der Waals surface area contributed by atoms with Gasteiger partial charge in [0.25, 0.3) is 0 Å². The van der Waals surface area contributed by atoms with Gasteiger partial charge in [0.2, 0.25) is 5.95 Å². The summed E-state index contributed by atoms with van der Waals surface area (Å²) in [4.78, 5) is 25.8. The number of hydrogen-bond acceptors (Lipinski definition) is 6. The lowest BCUT2D eigenvalue weighted by Gasteiger charge is -2.26. The van der Waals surface area contributed by atoms with Crippen LogP contribution in [0.15, 0.2) is 42.9 Å². The SMILES string of the molecule is O=C(O)[C@@H](Cc1c[nH]c2ccccc12)NCc1cnc(N2CCOCC2)nc1. The Labute approximate surface area is 162 Å². The molecule has 3 N–H and O–H groups in total. The maximum Gasteiger partial charge on any atom is 0.321 e. The van der Waals surface area contributed by atoms with Gasteiger partial charge in [-0.15, -0.1) is 0 Å². The van der Waals surface area contributed by atoms with Crippen LogP contribution in [-0.4, -0.2) is 58.4 Å². The third-order valence-electron chi connectivity index (χ3n) is 4.94. The first kappa shape index (κ1) is 18.4. The number of hydrogen-bond donors (Lipinski definition) is 3. The number of fused-ring (bicyclic) bond motifs is 1. The second kappa shape index (κ2) is 8.37.